The second-order valence-electron chi connectivity index (χ2n) is 6.06. The highest BCUT2D eigenvalue weighted by molar-refractivity contribution is 6.54. The molecule has 0 atom stereocenters. The highest BCUT2D eigenvalue weighted by atomic mass is 16.3. The molecule has 4 N–H and O–H groups in total. The van der Waals surface area contributed by atoms with Crippen molar-refractivity contribution >= 4 is 22.8 Å². The Morgan fingerprint density at radius 2 is 1.80 bits per heavy atom. The fourth-order valence-electron chi connectivity index (χ4n) is 3.07. The van der Waals surface area contributed by atoms with Crippen LogP contribution in [0.5, 0.6) is 0 Å². The van der Waals surface area contributed by atoms with Crippen molar-refractivity contribution in [2.24, 2.45) is 15.7 Å². The molecule has 6 nitrogen and oxygen atoms in total. The summed E-state index contributed by atoms with van der Waals surface area (Å²) >= 11 is 0. The molecule has 1 aliphatic carbocycles. The maximum atomic E-state index is 9.15. The van der Waals surface area contributed by atoms with Gasteiger partial charge in [-0.25, -0.2) is 4.99 Å². The van der Waals surface area contributed by atoms with E-state index in [0.717, 1.165) is 42.2 Å². The van der Waals surface area contributed by atoms with E-state index in [4.69, 9.17) is 20.9 Å². The van der Waals surface area contributed by atoms with Gasteiger partial charge < -0.3 is 20.8 Å². The topological polar surface area (TPSA) is 94.4 Å². The van der Waals surface area contributed by atoms with Gasteiger partial charge in [-0.05, 0) is 48.8 Å². The van der Waals surface area contributed by atoms with Crippen molar-refractivity contribution in [3.05, 3.63) is 47.7 Å². The van der Waals surface area contributed by atoms with Crippen LogP contribution in [0.4, 0.5) is 11.4 Å². The number of hydrogen-bond acceptors (Lipinski definition) is 6. The molecule has 0 saturated carbocycles. The van der Waals surface area contributed by atoms with Crippen LogP contribution in [0.2, 0.25) is 0 Å². The van der Waals surface area contributed by atoms with Gasteiger partial charge in [-0.1, -0.05) is 6.08 Å². The smallest absolute Gasteiger partial charge is 0.112 e. The van der Waals surface area contributed by atoms with Gasteiger partial charge in [-0.3, -0.25) is 4.99 Å². The Hall–Kier alpha value is -2.44. The SMILES string of the molecule is NC1=CC=C2CCCN=C2C1=Nc1ccc(N(CCO)CCO)cc1. The second kappa shape index (κ2) is 8.09. The quantitative estimate of drug-likeness (QED) is 0.685. The van der Waals surface area contributed by atoms with Crippen molar-refractivity contribution in [2.75, 3.05) is 37.7 Å². The summed E-state index contributed by atoms with van der Waals surface area (Å²) in [6.45, 7) is 1.86. The zero-order valence-corrected chi connectivity index (χ0v) is 14.2. The number of aliphatic hydroxyl groups is 2. The van der Waals surface area contributed by atoms with Gasteiger partial charge in [0.15, 0.2) is 0 Å². The van der Waals surface area contributed by atoms with Crippen molar-refractivity contribution in [3.63, 3.8) is 0 Å². The second-order valence-corrected chi connectivity index (χ2v) is 6.06. The summed E-state index contributed by atoms with van der Waals surface area (Å²) in [6.07, 6.45) is 6.02. The van der Waals surface area contributed by atoms with Crippen LogP contribution in [-0.4, -0.2) is 54.5 Å². The molecule has 0 spiro atoms. The number of aliphatic hydroxyl groups excluding tert-OH is 2. The molecule has 0 aromatic heterocycles. The van der Waals surface area contributed by atoms with Crippen LogP contribution in [0, 0.1) is 0 Å². The van der Waals surface area contributed by atoms with Crippen LogP contribution < -0.4 is 10.6 Å². The van der Waals surface area contributed by atoms with E-state index in [1.54, 1.807) is 0 Å². The maximum absolute atomic E-state index is 9.15. The third-order valence-corrected chi connectivity index (χ3v) is 4.34. The molecule has 25 heavy (non-hydrogen) atoms. The van der Waals surface area contributed by atoms with Crippen LogP contribution in [0.1, 0.15) is 12.8 Å². The Labute approximate surface area is 147 Å². The van der Waals surface area contributed by atoms with E-state index >= 15 is 0 Å². The summed E-state index contributed by atoms with van der Waals surface area (Å²) in [5, 5.41) is 18.3. The highest BCUT2D eigenvalue weighted by Crippen LogP contribution is 2.25. The molecular weight excluding hydrogens is 316 g/mol. The number of nitrogens with zero attached hydrogens (tertiary/aromatic N) is 3. The minimum atomic E-state index is 0.0420. The lowest BCUT2D eigenvalue weighted by atomic mass is 9.92. The molecule has 0 radical (unpaired) electrons. The molecule has 0 fully saturated rings. The average Bonchev–Trinajstić information content (AvgIpc) is 2.64. The van der Waals surface area contributed by atoms with Gasteiger partial charge in [-0.15, -0.1) is 0 Å². The molecule has 6 heteroatoms. The van der Waals surface area contributed by atoms with Crippen LogP contribution in [0.3, 0.4) is 0 Å². The first-order chi connectivity index (χ1) is 12.2. The molecule has 1 aliphatic heterocycles. The molecule has 3 rings (SSSR count). The number of anilines is 1. The predicted octanol–water partition coefficient (Wildman–Crippen LogP) is 1.57. The van der Waals surface area contributed by atoms with Gasteiger partial charge in [-0.2, -0.15) is 0 Å². The Morgan fingerprint density at radius 1 is 1.08 bits per heavy atom. The zero-order chi connectivity index (χ0) is 17.6. The molecule has 0 amide bonds. The number of fused-ring (bicyclic) bond motifs is 1. The number of rotatable bonds is 6. The zero-order valence-electron chi connectivity index (χ0n) is 14.2. The van der Waals surface area contributed by atoms with Crippen molar-refractivity contribution in [2.45, 2.75) is 12.8 Å². The van der Waals surface area contributed by atoms with E-state index in [1.807, 2.05) is 41.3 Å². The summed E-state index contributed by atoms with van der Waals surface area (Å²) in [4.78, 5) is 11.2. The average molecular weight is 340 g/mol. The Kier molecular flexibility index (Phi) is 5.63. The number of benzene rings is 1. The van der Waals surface area contributed by atoms with Crippen LogP contribution in [0.25, 0.3) is 0 Å². The van der Waals surface area contributed by atoms with Gasteiger partial charge in [0.1, 0.15) is 5.71 Å². The van der Waals surface area contributed by atoms with Gasteiger partial charge in [0, 0.05) is 25.3 Å². The number of hydrogen-bond donors (Lipinski definition) is 3. The molecular formula is C19H24N4O2. The number of aliphatic imine (C=N–C) groups is 2. The van der Waals surface area contributed by atoms with Crippen LogP contribution in [-0.2, 0) is 0 Å². The molecule has 1 heterocycles. The first kappa shape index (κ1) is 17.4. The van der Waals surface area contributed by atoms with Crippen molar-refractivity contribution < 1.29 is 10.2 Å². The van der Waals surface area contributed by atoms with Crippen LogP contribution in [0.15, 0.2) is 57.7 Å². The fraction of sp³-hybridized carbons (Fsp3) is 0.368. The molecule has 0 saturated heterocycles. The van der Waals surface area contributed by atoms with E-state index in [9.17, 15) is 0 Å². The van der Waals surface area contributed by atoms with Crippen molar-refractivity contribution in [1.29, 1.82) is 0 Å². The van der Waals surface area contributed by atoms with E-state index < -0.39 is 0 Å². The number of nitrogens with two attached hydrogens (primary N) is 1. The molecule has 0 bridgehead atoms. The van der Waals surface area contributed by atoms with Crippen molar-refractivity contribution in [1.82, 2.24) is 0 Å². The predicted molar refractivity (Wildman–Crippen MR) is 102 cm³/mol. The summed E-state index contributed by atoms with van der Waals surface area (Å²) in [6, 6.07) is 7.71. The van der Waals surface area contributed by atoms with Gasteiger partial charge >= 0.3 is 0 Å². The molecule has 132 valence electrons. The first-order valence-corrected chi connectivity index (χ1v) is 8.60. The lowest BCUT2D eigenvalue weighted by Crippen LogP contribution is -2.29. The standard InChI is InChI=1S/C19H24N4O2/c20-17-8-3-14-2-1-9-21-18(14)19(17)22-15-4-6-16(7-5-15)23(10-12-24)11-13-25/h3-8,24-25H,1-2,9-13,20H2. The highest BCUT2D eigenvalue weighted by Gasteiger charge is 2.22. The summed E-state index contributed by atoms with van der Waals surface area (Å²) in [5.74, 6) is 0. The van der Waals surface area contributed by atoms with Gasteiger partial charge in [0.05, 0.1) is 30.3 Å². The minimum absolute atomic E-state index is 0.0420. The largest absolute Gasteiger partial charge is 0.397 e. The maximum Gasteiger partial charge on any atom is 0.112 e. The Bertz CT molecular complexity index is 726. The van der Waals surface area contributed by atoms with E-state index in [0.29, 0.717) is 18.8 Å². The number of allylic oxidation sites excluding steroid dienone is 4. The third-order valence-electron chi connectivity index (χ3n) is 4.34. The Morgan fingerprint density at radius 3 is 2.48 bits per heavy atom. The fourth-order valence-corrected chi connectivity index (χ4v) is 3.07. The minimum Gasteiger partial charge on any atom is -0.397 e. The van der Waals surface area contributed by atoms with E-state index in [1.165, 1.54) is 5.57 Å². The molecule has 1 aromatic carbocycles. The normalized spacial score (nSPS) is 18.3. The molecule has 2 aliphatic rings. The van der Waals surface area contributed by atoms with E-state index in [2.05, 4.69) is 4.99 Å². The van der Waals surface area contributed by atoms with Gasteiger partial charge in [0.2, 0.25) is 0 Å². The summed E-state index contributed by atoms with van der Waals surface area (Å²) in [5.41, 5.74) is 11.4. The van der Waals surface area contributed by atoms with Crippen molar-refractivity contribution in [3.8, 4) is 0 Å². The lowest BCUT2D eigenvalue weighted by Gasteiger charge is -2.23. The first-order valence-electron chi connectivity index (χ1n) is 8.60. The third kappa shape index (κ3) is 3.97. The van der Waals surface area contributed by atoms with E-state index in [-0.39, 0.29) is 13.2 Å². The molecule has 1 aromatic rings. The lowest BCUT2D eigenvalue weighted by molar-refractivity contribution is 0.281. The summed E-state index contributed by atoms with van der Waals surface area (Å²) < 4.78 is 0. The van der Waals surface area contributed by atoms with Gasteiger partial charge in [0.25, 0.3) is 0 Å². The molecule has 0 unspecified atom stereocenters. The Balaban J connectivity index is 1.85. The summed E-state index contributed by atoms with van der Waals surface area (Å²) in [7, 11) is 0. The monoisotopic (exact) mass is 340 g/mol. The van der Waals surface area contributed by atoms with Crippen LogP contribution >= 0.6 is 0 Å².